The lowest BCUT2D eigenvalue weighted by Gasteiger charge is -2.03. The maximum absolute atomic E-state index is 11.5. The molecule has 1 fully saturated rings. The van der Waals surface area contributed by atoms with Gasteiger partial charge in [0.2, 0.25) is 15.9 Å². The van der Waals surface area contributed by atoms with Crippen LogP contribution in [0.15, 0.2) is 4.42 Å². The molecule has 1 aliphatic rings. The fourth-order valence-electron chi connectivity index (χ4n) is 1.76. The lowest BCUT2D eigenvalue weighted by atomic mass is 10.2. The average molecular weight is 260 g/mol. The number of nitrogens with one attached hydrogen (secondary N) is 2. The summed E-state index contributed by atoms with van der Waals surface area (Å²) >= 11 is 0. The van der Waals surface area contributed by atoms with Crippen molar-refractivity contribution in [2.45, 2.75) is 32.2 Å². The molecule has 1 atom stereocenters. The van der Waals surface area contributed by atoms with Gasteiger partial charge in [-0.25, -0.2) is 13.1 Å². The Balaban J connectivity index is 2.03. The van der Waals surface area contributed by atoms with Crippen molar-refractivity contribution in [3.63, 3.8) is 0 Å². The zero-order chi connectivity index (χ0) is 12.3. The van der Waals surface area contributed by atoms with Crippen molar-refractivity contribution >= 4 is 16.0 Å². The van der Waals surface area contributed by atoms with E-state index in [2.05, 4.69) is 20.2 Å². The summed E-state index contributed by atoms with van der Waals surface area (Å²) in [5, 5.41) is 10.7. The molecule has 0 radical (unpaired) electrons. The van der Waals surface area contributed by atoms with Gasteiger partial charge in [-0.1, -0.05) is 12.0 Å². The molecule has 0 aliphatic carbocycles. The first-order valence-electron chi connectivity index (χ1n) is 5.68. The largest absolute Gasteiger partial charge is 0.406 e. The summed E-state index contributed by atoms with van der Waals surface area (Å²) in [7, 11) is -3.36. The zero-order valence-corrected chi connectivity index (χ0v) is 10.5. The molecule has 17 heavy (non-hydrogen) atoms. The van der Waals surface area contributed by atoms with Gasteiger partial charge in [0, 0.05) is 0 Å². The summed E-state index contributed by atoms with van der Waals surface area (Å²) in [4.78, 5) is 0. The van der Waals surface area contributed by atoms with E-state index >= 15 is 0 Å². The maximum Gasteiger partial charge on any atom is 0.329 e. The van der Waals surface area contributed by atoms with E-state index in [0.717, 1.165) is 19.4 Å². The molecule has 2 heterocycles. The topological polar surface area (TPSA) is 97.1 Å². The molecule has 7 nitrogen and oxygen atoms in total. The molecule has 0 saturated carbocycles. The van der Waals surface area contributed by atoms with Crippen LogP contribution in [-0.2, 0) is 10.0 Å². The second kappa shape index (κ2) is 5.01. The first-order valence-corrected chi connectivity index (χ1v) is 7.33. The van der Waals surface area contributed by atoms with E-state index < -0.39 is 10.0 Å². The smallest absolute Gasteiger partial charge is 0.329 e. The predicted molar refractivity (Wildman–Crippen MR) is 62.0 cm³/mol. The minimum Gasteiger partial charge on any atom is -0.406 e. The third-order valence-electron chi connectivity index (χ3n) is 2.51. The number of hydrogen-bond acceptors (Lipinski definition) is 6. The number of sulfonamides is 1. The molecule has 96 valence electrons. The molecule has 1 unspecified atom stereocenters. The second-order valence-electron chi connectivity index (χ2n) is 4.02. The molecule has 2 N–H and O–H groups in total. The number of hydrogen-bond donors (Lipinski definition) is 2. The highest BCUT2D eigenvalue weighted by Crippen LogP contribution is 2.23. The summed E-state index contributed by atoms with van der Waals surface area (Å²) in [5.74, 6) is 0.489. The van der Waals surface area contributed by atoms with Crippen LogP contribution in [0.4, 0.5) is 6.01 Å². The van der Waals surface area contributed by atoms with E-state index in [1.165, 1.54) is 0 Å². The van der Waals surface area contributed by atoms with Gasteiger partial charge in [0.1, 0.15) is 0 Å². The highest BCUT2D eigenvalue weighted by molar-refractivity contribution is 7.92. The van der Waals surface area contributed by atoms with E-state index in [0.29, 0.717) is 12.3 Å². The molecule has 2 rings (SSSR count). The van der Waals surface area contributed by atoms with Gasteiger partial charge >= 0.3 is 6.01 Å². The van der Waals surface area contributed by atoms with Gasteiger partial charge in [0.25, 0.3) is 0 Å². The fourth-order valence-corrected chi connectivity index (χ4v) is 2.75. The van der Waals surface area contributed by atoms with Crippen LogP contribution >= 0.6 is 0 Å². The molecule has 1 aliphatic heterocycles. The van der Waals surface area contributed by atoms with Crippen LogP contribution in [0.25, 0.3) is 0 Å². The summed E-state index contributed by atoms with van der Waals surface area (Å²) in [6, 6.07) is -0.00548. The minimum absolute atomic E-state index is 0.0480. The van der Waals surface area contributed by atoms with Crippen LogP contribution in [0.3, 0.4) is 0 Å². The van der Waals surface area contributed by atoms with E-state index in [4.69, 9.17) is 4.42 Å². The average Bonchev–Trinajstić information content (AvgIpc) is 2.85. The third kappa shape index (κ3) is 3.16. The summed E-state index contributed by atoms with van der Waals surface area (Å²) in [6.45, 7) is 2.71. The summed E-state index contributed by atoms with van der Waals surface area (Å²) in [5.41, 5.74) is 0. The van der Waals surface area contributed by atoms with E-state index in [-0.39, 0.29) is 17.8 Å². The quantitative estimate of drug-likeness (QED) is 0.806. The zero-order valence-electron chi connectivity index (χ0n) is 9.64. The van der Waals surface area contributed by atoms with Crippen LogP contribution in [-0.4, -0.2) is 30.9 Å². The van der Waals surface area contributed by atoms with Crippen molar-refractivity contribution in [2.75, 3.05) is 17.0 Å². The van der Waals surface area contributed by atoms with Gasteiger partial charge in [0.15, 0.2) is 0 Å². The van der Waals surface area contributed by atoms with Crippen molar-refractivity contribution in [1.82, 2.24) is 15.5 Å². The maximum atomic E-state index is 11.5. The number of aromatic nitrogens is 2. The molecule has 1 saturated heterocycles. The predicted octanol–water partition coefficient (Wildman–Crippen LogP) is 0.646. The van der Waals surface area contributed by atoms with Crippen molar-refractivity contribution in [2.24, 2.45) is 0 Å². The fraction of sp³-hybridized carbons (Fsp3) is 0.778. The highest BCUT2D eigenvalue weighted by Gasteiger charge is 2.23. The Hall–Kier alpha value is -1.15. The van der Waals surface area contributed by atoms with Gasteiger partial charge in [-0.15, -0.1) is 5.10 Å². The van der Waals surface area contributed by atoms with Gasteiger partial charge in [-0.3, -0.25) is 0 Å². The third-order valence-corrected chi connectivity index (χ3v) is 3.95. The molecule has 1 aromatic rings. The Bertz CT molecular complexity index is 464. The number of rotatable bonds is 5. The molecule has 1 aromatic heterocycles. The Morgan fingerprint density at radius 1 is 1.53 bits per heavy atom. The molecule has 0 spiro atoms. The lowest BCUT2D eigenvalue weighted by molar-refractivity contribution is 0.439. The Morgan fingerprint density at radius 3 is 3.00 bits per heavy atom. The SMILES string of the molecule is CCCS(=O)(=O)Nc1nnc(C2CCCN2)o1. The van der Waals surface area contributed by atoms with Crippen LogP contribution in [0, 0.1) is 0 Å². The lowest BCUT2D eigenvalue weighted by Crippen LogP contribution is -2.16. The Morgan fingerprint density at radius 2 is 2.35 bits per heavy atom. The minimum atomic E-state index is -3.36. The van der Waals surface area contributed by atoms with Crippen molar-refractivity contribution in [1.29, 1.82) is 0 Å². The molecule has 8 heteroatoms. The van der Waals surface area contributed by atoms with E-state index in [1.54, 1.807) is 6.92 Å². The van der Waals surface area contributed by atoms with Crippen LogP contribution in [0.2, 0.25) is 0 Å². The van der Waals surface area contributed by atoms with Crippen molar-refractivity contribution in [3.05, 3.63) is 5.89 Å². The first kappa shape index (κ1) is 12.3. The van der Waals surface area contributed by atoms with Crippen molar-refractivity contribution in [3.8, 4) is 0 Å². The Labute approximate surface area is 100 Å². The van der Waals surface area contributed by atoms with Gasteiger partial charge in [0.05, 0.1) is 11.8 Å². The summed E-state index contributed by atoms with van der Waals surface area (Å²) < 4.78 is 30.5. The first-order chi connectivity index (χ1) is 8.11. The molecule has 0 amide bonds. The van der Waals surface area contributed by atoms with Gasteiger partial charge < -0.3 is 9.73 Å². The summed E-state index contributed by atoms with van der Waals surface area (Å²) in [6.07, 6.45) is 2.54. The second-order valence-corrected chi connectivity index (χ2v) is 5.86. The van der Waals surface area contributed by atoms with Crippen LogP contribution < -0.4 is 10.0 Å². The number of nitrogens with zero attached hydrogens (tertiary/aromatic N) is 2. The normalized spacial score (nSPS) is 20.6. The molecule has 0 aromatic carbocycles. The standard InChI is InChI=1S/C9H16N4O3S/c1-2-6-17(14,15)13-9-12-11-8(16-9)7-4-3-5-10-7/h7,10H,2-6H2,1H3,(H,12,13). The van der Waals surface area contributed by atoms with Crippen LogP contribution in [0.1, 0.15) is 38.1 Å². The number of anilines is 1. The van der Waals surface area contributed by atoms with Crippen molar-refractivity contribution < 1.29 is 12.8 Å². The molecular formula is C9H16N4O3S. The van der Waals surface area contributed by atoms with Crippen LogP contribution in [0.5, 0.6) is 0 Å². The van der Waals surface area contributed by atoms with Gasteiger partial charge in [-0.05, 0) is 25.8 Å². The Kier molecular flexibility index (Phi) is 3.63. The monoisotopic (exact) mass is 260 g/mol. The van der Waals surface area contributed by atoms with E-state index in [1.807, 2.05) is 0 Å². The van der Waals surface area contributed by atoms with E-state index in [9.17, 15) is 8.42 Å². The molecule has 0 bridgehead atoms. The van der Waals surface area contributed by atoms with Gasteiger partial charge in [-0.2, -0.15) is 0 Å². The highest BCUT2D eigenvalue weighted by atomic mass is 32.2. The molecular weight excluding hydrogens is 244 g/mol.